The first-order chi connectivity index (χ1) is 6.13. The Labute approximate surface area is 78.3 Å². The van der Waals surface area contributed by atoms with E-state index in [0.717, 1.165) is 25.7 Å². The van der Waals surface area contributed by atoms with Crippen LogP contribution in [0.2, 0.25) is 0 Å². The van der Waals surface area contributed by atoms with Gasteiger partial charge in [-0.1, -0.05) is 0 Å². The van der Waals surface area contributed by atoms with Crippen LogP contribution >= 0.6 is 0 Å². The van der Waals surface area contributed by atoms with Crippen LogP contribution in [0.25, 0.3) is 0 Å². The van der Waals surface area contributed by atoms with Gasteiger partial charge in [-0.15, -0.1) is 0 Å². The van der Waals surface area contributed by atoms with Crippen molar-refractivity contribution in [3.8, 4) is 0 Å². The molecular weight excluding hydrogens is 164 g/mol. The third-order valence-electron chi connectivity index (χ3n) is 4.25. The van der Waals surface area contributed by atoms with Crippen LogP contribution in [0.3, 0.4) is 0 Å². The Morgan fingerprint density at radius 3 is 2.23 bits per heavy atom. The molecule has 13 heavy (non-hydrogen) atoms. The molecule has 4 rings (SSSR count). The van der Waals surface area contributed by atoms with Crippen LogP contribution in [0.4, 0.5) is 0 Å². The molecule has 0 aromatic carbocycles. The second-order valence-corrected chi connectivity index (χ2v) is 5.57. The first-order valence-corrected chi connectivity index (χ1v) is 5.25. The van der Waals surface area contributed by atoms with E-state index in [1.54, 1.807) is 0 Å². The molecule has 2 atom stereocenters. The minimum Gasteiger partial charge on any atom is -0.390 e. The van der Waals surface area contributed by atoms with Gasteiger partial charge in [0.25, 0.3) is 0 Å². The highest BCUT2D eigenvalue weighted by Gasteiger charge is 2.57. The van der Waals surface area contributed by atoms with E-state index >= 15 is 0 Å². The molecule has 4 saturated carbocycles. The lowest BCUT2D eigenvalue weighted by atomic mass is 9.48. The van der Waals surface area contributed by atoms with E-state index in [0.29, 0.717) is 18.3 Å². The van der Waals surface area contributed by atoms with Gasteiger partial charge in [-0.2, -0.15) is 0 Å². The molecule has 0 saturated heterocycles. The van der Waals surface area contributed by atoms with Crippen molar-refractivity contribution in [1.29, 1.82) is 0 Å². The summed E-state index contributed by atoms with van der Waals surface area (Å²) in [4.78, 5) is 11.0. The van der Waals surface area contributed by atoms with Crippen molar-refractivity contribution in [3.05, 3.63) is 0 Å². The second-order valence-electron chi connectivity index (χ2n) is 5.57. The van der Waals surface area contributed by atoms with Crippen LogP contribution in [-0.2, 0) is 4.79 Å². The van der Waals surface area contributed by atoms with Crippen molar-refractivity contribution in [3.63, 3.8) is 0 Å². The van der Waals surface area contributed by atoms with Crippen LogP contribution in [-0.4, -0.2) is 17.0 Å². The summed E-state index contributed by atoms with van der Waals surface area (Å²) in [7, 11) is 0. The van der Waals surface area contributed by atoms with Gasteiger partial charge in [0, 0.05) is 5.41 Å². The Kier molecular flexibility index (Phi) is 1.33. The van der Waals surface area contributed by atoms with Crippen molar-refractivity contribution < 1.29 is 9.90 Å². The van der Waals surface area contributed by atoms with Crippen LogP contribution < -0.4 is 0 Å². The topological polar surface area (TPSA) is 37.3 Å². The van der Waals surface area contributed by atoms with E-state index < -0.39 is 5.60 Å². The molecule has 4 aliphatic carbocycles. The van der Waals surface area contributed by atoms with Crippen molar-refractivity contribution in [1.82, 2.24) is 0 Å². The zero-order valence-electron chi connectivity index (χ0n) is 7.75. The van der Waals surface area contributed by atoms with E-state index in [-0.39, 0.29) is 5.41 Å². The Hall–Kier alpha value is -0.370. The van der Waals surface area contributed by atoms with Gasteiger partial charge in [0.1, 0.15) is 0 Å². The number of rotatable bonds is 1. The molecule has 0 amide bonds. The van der Waals surface area contributed by atoms with Crippen LogP contribution in [0.15, 0.2) is 0 Å². The summed E-state index contributed by atoms with van der Waals surface area (Å²) < 4.78 is 0. The predicted octanol–water partition coefficient (Wildman–Crippen LogP) is 1.43. The smallest absolute Gasteiger partial charge is 0.205 e. The normalized spacial score (nSPS) is 58.2. The van der Waals surface area contributed by atoms with Gasteiger partial charge in [-0.25, -0.2) is 0 Å². The lowest BCUT2D eigenvalue weighted by Crippen LogP contribution is -2.56. The molecule has 1 radical (unpaired) electrons. The van der Waals surface area contributed by atoms with Gasteiger partial charge in [0.2, 0.25) is 6.29 Å². The third kappa shape index (κ3) is 1.01. The van der Waals surface area contributed by atoms with Gasteiger partial charge in [0.05, 0.1) is 5.60 Å². The highest BCUT2D eigenvalue weighted by atomic mass is 16.3. The largest absolute Gasteiger partial charge is 0.390 e. The summed E-state index contributed by atoms with van der Waals surface area (Å²) in [6, 6.07) is 0. The van der Waals surface area contributed by atoms with Crippen LogP contribution in [0.5, 0.6) is 0 Å². The van der Waals surface area contributed by atoms with E-state index in [1.807, 2.05) is 0 Å². The van der Waals surface area contributed by atoms with E-state index in [2.05, 4.69) is 6.29 Å². The van der Waals surface area contributed by atoms with E-state index in [1.165, 1.54) is 6.42 Å². The number of hydrogen-bond acceptors (Lipinski definition) is 2. The molecule has 2 nitrogen and oxygen atoms in total. The number of aliphatic hydroxyl groups is 1. The molecule has 0 heterocycles. The Morgan fingerprint density at radius 2 is 1.77 bits per heavy atom. The van der Waals surface area contributed by atoms with E-state index in [4.69, 9.17) is 0 Å². The molecule has 4 fully saturated rings. The highest BCUT2D eigenvalue weighted by Crippen LogP contribution is 2.60. The monoisotopic (exact) mass is 179 g/mol. The zero-order valence-corrected chi connectivity index (χ0v) is 7.75. The highest BCUT2D eigenvalue weighted by molar-refractivity contribution is 5.61. The van der Waals surface area contributed by atoms with Crippen molar-refractivity contribution >= 4 is 6.29 Å². The fourth-order valence-electron chi connectivity index (χ4n) is 4.33. The fraction of sp³-hybridized carbons (Fsp3) is 0.909. The standard InChI is InChI=1S/C11H15O2/c12-7-10-2-8-1-9(3-10)5-11(13,4-8)6-10/h8-9,13H,1-6H2. The van der Waals surface area contributed by atoms with Crippen LogP contribution in [0.1, 0.15) is 38.5 Å². The maximum Gasteiger partial charge on any atom is 0.205 e. The molecule has 0 aromatic heterocycles. The van der Waals surface area contributed by atoms with Gasteiger partial charge >= 0.3 is 0 Å². The SMILES string of the molecule is O=[C]C12CC3CC(CC(O)(C3)C1)C2. The average Bonchev–Trinajstić information content (AvgIpc) is 1.99. The summed E-state index contributed by atoms with van der Waals surface area (Å²) in [6.45, 7) is 0. The van der Waals surface area contributed by atoms with Gasteiger partial charge < -0.3 is 5.11 Å². The Morgan fingerprint density at radius 1 is 1.15 bits per heavy atom. The molecule has 0 aromatic rings. The number of carbonyl (C=O) groups excluding carboxylic acids is 1. The second kappa shape index (κ2) is 2.17. The first kappa shape index (κ1) is 7.98. The molecular formula is C11H15O2. The zero-order chi connectivity index (χ0) is 9.10. The maximum absolute atomic E-state index is 11.0. The Bertz CT molecular complexity index is 245. The summed E-state index contributed by atoms with van der Waals surface area (Å²) in [5, 5.41) is 10.2. The molecule has 71 valence electrons. The summed E-state index contributed by atoms with van der Waals surface area (Å²) in [5.74, 6) is 1.21. The quantitative estimate of drug-likeness (QED) is 0.661. The first-order valence-electron chi connectivity index (χ1n) is 5.25. The maximum atomic E-state index is 11.0. The van der Waals surface area contributed by atoms with Crippen LogP contribution in [0, 0.1) is 17.3 Å². The van der Waals surface area contributed by atoms with Gasteiger partial charge in [0.15, 0.2) is 0 Å². The molecule has 1 N–H and O–H groups in total. The van der Waals surface area contributed by atoms with Crippen molar-refractivity contribution in [2.75, 3.05) is 0 Å². The van der Waals surface area contributed by atoms with Gasteiger partial charge in [-0.05, 0) is 50.4 Å². The molecule has 2 heteroatoms. The minimum absolute atomic E-state index is 0.251. The lowest BCUT2D eigenvalue weighted by Gasteiger charge is -2.57. The van der Waals surface area contributed by atoms with E-state index in [9.17, 15) is 9.90 Å². The minimum atomic E-state index is -0.499. The summed E-state index contributed by atoms with van der Waals surface area (Å²) in [6.07, 6.45) is 8.02. The molecule has 0 aliphatic heterocycles. The average molecular weight is 179 g/mol. The molecule has 4 aliphatic rings. The van der Waals surface area contributed by atoms with Gasteiger partial charge in [-0.3, -0.25) is 4.79 Å². The Balaban J connectivity index is 2.00. The summed E-state index contributed by atoms with van der Waals surface area (Å²) in [5.41, 5.74) is -0.750. The molecule has 2 unspecified atom stereocenters. The molecule has 4 bridgehead atoms. The third-order valence-corrected chi connectivity index (χ3v) is 4.25. The number of hydrogen-bond donors (Lipinski definition) is 1. The fourth-order valence-corrected chi connectivity index (χ4v) is 4.33. The lowest BCUT2D eigenvalue weighted by molar-refractivity contribution is -0.141. The summed E-state index contributed by atoms with van der Waals surface area (Å²) >= 11 is 0. The van der Waals surface area contributed by atoms with Crippen molar-refractivity contribution in [2.24, 2.45) is 17.3 Å². The predicted molar refractivity (Wildman–Crippen MR) is 47.8 cm³/mol. The van der Waals surface area contributed by atoms with Crippen molar-refractivity contribution in [2.45, 2.75) is 44.1 Å². The molecule has 0 spiro atoms.